The van der Waals surface area contributed by atoms with Crippen LogP contribution < -0.4 is 5.01 Å². The molecule has 0 aliphatic carbocycles. The average molecular weight is 448 g/mol. The molecule has 158 valence electrons. The molecule has 1 amide bonds. The van der Waals surface area contributed by atoms with Crippen molar-refractivity contribution in [2.75, 3.05) is 31.3 Å². The zero-order valence-corrected chi connectivity index (χ0v) is 18.3. The fraction of sp³-hybridized carbons (Fsp3) is 0.333. The van der Waals surface area contributed by atoms with Crippen molar-refractivity contribution in [3.8, 4) is 0 Å². The summed E-state index contributed by atoms with van der Waals surface area (Å²) in [5, 5.41) is 5.70. The molecule has 2 aliphatic heterocycles. The van der Waals surface area contributed by atoms with E-state index in [-0.39, 0.29) is 9.92 Å². The van der Waals surface area contributed by atoms with Crippen molar-refractivity contribution < 1.29 is 17.9 Å². The molecule has 0 atom stereocenters. The second kappa shape index (κ2) is 8.02. The number of hydrazone groups is 1. The van der Waals surface area contributed by atoms with E-state index in [1.807, 2.05) is 32.0 Å². The highest BCUT2D eigenvalue weighted by Crippen LogP contribution is 2.35. The zero-order chi connectivity index (χ0) is 21.5. The lowest BCUT2D eigenvalue weighted by atomic mass is 10.1. The van der Waals surface area contributed by atoms with Gasteiger partial charge in [-0.3, -0.25) is 9.80 Å². The molecule has 2 aliphatic rings. The van der Waals surface area contributed by atoms with E-state index >= 15 is 0 Å². The molecule has 2 aromatic carbocycles. The molecule has 0 N–H and O–H groups in total. The van der Waals surface area contributed by atoms with Crippen LogP contribution in [0, 0.1) is 13.8 Å². The second-order valence-electron chi connectivity index (χ2n) is 7.41. The highest BCUT2D eigenvalue weighted by atomic mass is 35.5. The number of aryl methyl sites for hydroxylation is 2. The Balaban J connectivity index is 1.81. The molecule has 0 saturated carbocycles. The van der Waals surface area contributed by atoms with Gasteiger partial charge in [-0.2, -0.15) is 5.10 Å². The smallest absolute Gasteiger partial charge is 0.286 e. The number of hydrogen-bond acceptors (Lipinski definition) is 6. The highest BCUT2D eigenvalue weighted by Gasteiger charge is 2.40. The molecule has 1 saturated heterocycles. The van der Waals surface area contributed by atoms with Gasteiger partial charge in [-0.05, 0) is 43.2 Å². The first kappa shape index (κ1) is 20.8. The number of carbonyl (C=O) groups is 1. The Morgan fingerprint density at radius 3 is 2.60 bits per heavy atom. The molecule has 7 nitrogen and oxygen atoms in total. The largest absolute Gasteiger partial charge is 0.378 e. The minimum atomic E-state index is -4.11. The average Bonchev–Trinajstić information content (AvgIpc) is 2.73. The van der Waals surface area contributed by atoms with Crippen LogP contribution >= 0.6 is 11.6 Å². The van der Waals surface area contributed by atoms with Gasteiger partial charge >= 0.3 is 0 Å². The standard InChI is InChI=1S/C21H22ClN3O4S/c1-14-3-4-15(2)16(11-14)13-25-18-6-5-17(22)12-19(18)30(27,28)20(23-25)21(26)24-7-9-29-10-8-24/h3-6,11-12H,7-10,13H2,1-2H3. The van der Waals surface area contributed by atoms with Crippen LogP contribution in [0.5, 0.6) is 0 Å². The lowest BCUT2D eigenvalue weighted by Gasteiger charge is -2.31. The van der Waals surface area contributed by atoms with Crippen molar-refractivity contribution in [2.45, 2.75) is 25.3 Å². The normalized spacial score (nSPS) is 18.0. The van der Waals surface area contributed by atoms with Crippen LogP contribution in [-0.2, 0) is 25.9 Å². The highest BCUT2D eigenvalue weighted by molar-refractivity contribution is 8.08. The van der Waals surface area contributed by atoms with Gasteiger partial charge in [0.05, 0.1) is 25.4 Å². The van der Waals surface area contributed by atoms with Gasteiger partial charge < -0.3 is 9.64 Å². The molecule has 2 heterocycles. The predicted octanol–water partition coefficient (Wildman–Crippen LogP) is 2.92. The number of nitrogens with zero attached hydrogens (tertiary/aromatic N) is 3. The first-order valence-corrected chi connectivity index (χ1v) is 11.5. The summed E-state index contributed by atoms with van der Waals surface area (Å²) in [5.74, 6) is -0.616. The van der Waals surface area contributed by atoms with E-state index in [1.165, 1.54) is 11.0 Å². The molecule has 4 rings (SSSR count). The number of fused-ring (bicyclic) bond motifs is 1. The summed E-state index contributed by atoms with van der Waals surface area (Å²) in [7, 11) is -4.11. The SMILES string of the molecule is Cc1ccc(C)c(CN2N=C(C(=O)N3CCOCC3)S(=O)(=O)c3cc(Cl)ccc32)c1. The van der Waals surface area contributed by atoms with Crippen LogP contribution in [0.25, 0.3) is 0 Å². The summed E-state index contributed by atoms with van der Waals surface area (Å²) in [6.45, 7) is 5.70. The maximum atomic E-state index is 13.3. The molecular weight excluding hydrogens is 426 g/mol. The second-order valence-corrected chi connectivity index (χ2v) is 9.68. The van der Waals surface area contributed by atoms with Gasteiger partial charge in [0.1, 0.15) is 4.90 Å². The van der Waals surface area contributed by atoms with E-state index in [2.05, 4.69) is 5.10 Å². The summed E-state index contributed by atoms with van der Waals surface area (Å²) in [6, 6.07) is 10.7. The molecule has 0 aromatic heterocycles. The van der Waals surface area contributed by atoms with Crippen LogP contribution in [0.2, 0.25) is 5.02 Å². The summed E-state index contributed by atoms with van der Waals surface area (Å²) >= 11 is 6.10. The minimum Gasteiger partial charge on any atom is -0.378 e. The molecular formula is C21H22ClN3O4S. The Bertz CT molecular complexity index is 1140. The number of halogens is 1. The molecule has 0 bridgehead atoms. The third-order valence-electron chi connectivity index (χ3n) is 5.26. The number of hydrogen-bond donors (Lipinski definition) is 0. The first-order valence-electron chi connectivity index (χ1n) is 9.61. The Morgan fingerprint density at radius 2 is 1.87 bits per heavy atom. The van der Waals surface area contributed by atoms with Crippen molar-refractivity contribution in [3.05, 3.63) is 58.1 Å². The topological polar surface area (TPSA) is 79.3 Å². The van der Waals surface area contributed by atoms with Crippen molar-refractivity contribution in [3.63, 3.8) is 0 Å². The number of ether oxygens (including phenoxy) is 1. The zero-order valence-electron chi connectivity index (χ0n) is 16.8. The van der Waals surface area contributed by atoms with E-state index in [0.717, 1.165) is 16.7 Å². The molecule has 0 spiro atoms. The molecule has 30 heavy (non-hydrogen) atoms. The number of amides is 1. The van der Waals surface area contributed by atoms with Gasteiger partial charge in [0, 0.05) is 18.1 Å². The van der Waals surface area contributed by atoms with Gasteiger partial charge in [-0.1, -0.05) is 35.4 Å². The number of morpholine rings is 1. The summed E-state index contributed by atoms with van der Waals surface area (Å²) < 4.78 is 31.8. The van der Waals surface area contributed by atoms with E-state index in [1.54, 1.807) is 17.1 Å². The van der Waals surface area contributed by atoms with E-state index < -0.39 is 20.8 Å². The van der Waals surface area contributed by atoms with Crippen LogP contribution in [-0.4, -0.2) is 50.6 Å². The van der Waals surface area contributed by atoms with Crippen LogP contribution in [0.1, 0.15) is 16.7 Å². The Labute approximate surface area is 180 Å². The van der Waals surface area contributed by atoms with E-state index in [9.17, 15) is 13.2 Å². The minimum absolute atomic E-state index is 0.00749. The van der Waals surface area contributed by atoms with Gasteiger partial charge in [0.15, 0.2) is 0 Å². The molecule has 9 heteroatoms. The lowest BCUT2D eigenvalue weighted by Crippen LogP contribution is -2.47. The summed E-state index contributed by atoms with van der Waals surface area (Å²) in [6.07, 6.45) is 0. The van der Waals surface area contributed by atoms with Crippen molar-refractivity contribution in [1.82, 2.24) is 4.90 Å². The molecule has 2 aromatic rings. The summed E-state index contributed by atoms with van der Waals surface area (Å²) in [5.41, 5.74) is 3.54. The van der Waals surface area contributed by atoms with Crippen LogP contribution in [0.3, 0.4) is 0 Å². The Kier molecular flexibility index (Phi) is 5.57. The molecule has 1 fully saturated rings. The predicted molar refractivity (Wildman–Crippen MR) is 116 cm³/mol. The first-order chi connectivity index (χ1) is 14.3. The number of rotatable bonds is 3. The quantitative estimate of drug-likeness (QED) is 0.722. The van der Waals surface area contributed by atoms with Crippen molar-refractivity contribution in [1.29, 1.82) is 0 Å². The number of carbonyl (C=O) groups excluding carboxylic acids is 1. The van der Waals surface area contributed by atoms with E-state index in [0.29, 0.717) is 38.5 Å². The number of sulfone groups is 1. The van der Waals surface area contributed by atoms with Crippen molar-refractivity contribution >= 4 is 38.1 Å². The number of benzene rings is 2. The molecule has 0 radical (unpaired) electrons. The maximum absolute atomic E-state index is 13.3. The number of anilines is 1. The van der Waals surface area contributed by atoms with Gasteiger partial charge in [0.2, 0.25) is 14.9 Å². The fourth-order valence-electron chi connectivity index (χ4n) is 3.55. The van der Waals surface area contributed by atoms with E-state index in [4.69, 9.17) is 16.3 Å². The third-order valence-corrected chi connectivity index (χ3v) is 7.17. The Hall–Kier alpha value is -2.42. The summed E-state index contributed by atoms with van der Waals surface area (Å²) in [4.78, 5) is 14.5. The van der Waals surface area contributed by atoms with Gasteiger partial charge in [-0.15, -0.1) is 0 Å². The van der Waals surface area contributed by atoms with Crippen molar-refractivity contribution in [2.24, 2.45) is 5.10 Å². The third kappa shape index (κ3) is 3.82. The van der Waals surface area contributed by atoms with Crippen LogP contribution in [0.15, 0.2) is 46.4 Å². The van der Waals surface area contributed by atoms with Gasteiger partial charge in [-0.25, -0.2) is 8.42 Å². The van der Waals surface area contributed by atoms with Crippen LogP contribution in [0.4, 0.5) is 5.69 Å². The monoisotopic (exact) mass is 447 g/mol. The fourth-order valence-corrected chi connectivity index (χ4v) is 5.29. The molecule has 0 unspecified atom stereocenters. The maximum Gasteiger partial charge on any atom is 0.286 e. The Morgan fingerprint density at radius 1 is 1.13 bits per heavy atom. The lowest BCUT2D eigenvalue weighted by molar-refractivity contribution is -0.127. The van der Waals surface area contributed by atoms with Gasteiger partial charge in [0.25, 0.3) is 5.91 Å².